The van der Waals surface area contributed by atoms with E-state index in [4.69, 9.17) is 32.8 Å². The summed E-state index contributed by atoms with van der Waals surface area (Å²) in [5.41, 5.74) is 0.722. The van der Waals surface area contributed by atoms with Crippen molar-refractivity contribution in [1.29, 1.82) is 0 Å². The molecule has 2 aromatic rings. The average molecular weight is 315 g/mol. The number of hydrogen-bond acceptors (Lipinski definition) is 4. The first-order valence-electron chi connectivity index (χ1n) is 6.06. The van der Waals surface area contributed by atoms with Crippen LogP contribution in [0, 0.1) is 0 Å². The SMILES string of the molecule is O=C(O)CCCCc1nc(-c2ccc(Cl)c(Cl)c2)no1. The van der Waals surface area contributed by atoms with Gasteiger partial charge in [-0.2, -0.15) is 4.98 Å². The van der Waals surface area contributed by atoms with E-state index >= 15 is 0 Å². The molecule has 0 fully saturated rings. The molecular formula is C13H12Cl2N2O3. The van der Waals surface area contributed by atoms with E-state index in [1.807, 2.05) is 0 Å². The van der Waals surface area contributed by atoms with E-state index in [-0.39, 0.29) is 6.42 Å². The fourth-order valence-corrected chi connectivity index (χ4v) is 1.96. The van der Waals surface area contributed by atoms with Crippen LogP contribution in [0.15, 0.2) is 22.7 Å². The molecule has 0 radical (unpaired) electrons. The molecule has 1 aromatic carbocycles. The van der Waals surface area contributed by atoms with Crippen LogP contribution in [0.25, 0.3) is 11.4 Å². The lowest BCUT2D eigenvalue weighted by molar-refractivity contribution is -0.137. The largest absolute Gasteiger partial charge is 0.481 e. The number of unbranched alkanes of at least 4 members (excludes halogenated alkanes) is 1. The van der Waals surface area contributed by atoms with E-state index in [2.05, 4.69) is 10.1 Å². The van der Waals surface area contributed by atoms with E-state index in [1.165, 1.54) is 0 Å². The van der Waals surface area contributed by atoms with Crippen LogP contribution in [-0.2, 0) is 11.2 Å². The summed E-state index contributed by atoms with van der Waals surface area (Å²) in [6.45, 7) is 0. The smallest absolute Gasteiger partial charge is 0.303 e. The van der Waals surface area contributed by atoms with E-state index < -0.39 is 5.97 Å². The van der Waals surface area contributed by atoms with Crippen molar-refractivity contribution in [2.45, 2.75) is 25.7 Å². The predicted molar refractivity (Wildman–Crippen MR) is 74.9 cm³/mol. The van der Waals surface area contributed by atoms with Gasteiger partial charge in [-0.25, -0.2) is 0 Å². The Kier molecular flexibility index (Phi) is 4.98. The summed E-state index contributed by atoms with van der Waals surface area (Å²) in [5, 5.41) is 13.3. The van der Waals surface area contributed by atoms with E-state index in [9.17, 15) is 4.79 Å². The van der Waals surface area contributed by atoms with Crippen molar-refractivity contribution in [2.24, 2.45) is 0 Å². The highest BCUT2D eigenvalue weighted by molar-refractivity contribution is 6.42. The van der Waals surface area contributed by atoms with Crippen molar-refractivity contribution in [1.82, 2.24) is 10.1 Å². The number of carboxylic acid groups (broad SMARTS) is 1. The molecule has 2 rings (SSSR count). The molecule has 0 bridgehead atoms. The highest BCUT2D eigenvalue weighted by Gasteiger charge is 2.10. The first-order chi connectivity index (χ1) is 9.56. The van der Waals surface area contributed by atoms with Crippen molar-refractivity contribution in [2.75, 3.05) is 0 Å². The van der Waals surface area contributed by atoms with Gasteiger partial charge in [0.15, 0.2) is 0 Å². The van der Waals surface area contributed by atoms with Crippen molar-refractivity contribution >= 4 is 29.2 Å². The molecule has 5 nitrogen and oxygen atoms in total. The second-order valence-corrected chi connectivity index (χ2v) is 5.06. The Hall–Kier alpha value is -1.59. The van der Waals surface area contributed by atoms with Gasteiger partial charge in [-0.3, -0.25) is 4.79 Å². The second kappa shape index (κ2) is 6.72. The van der Waals surface area contributed by atoms with Gasteiger partial charge < -0.3 is 9.63 Å². The number of halogens is 2. The summed E-state index contributed by atoms with van der Waals surface area (Å²) in [7, 11) is 0. The van der Waals surface area contributed by atoms with E-state index in [0.29, 0.717) is 41.0 Å². The minimum atomic E-state index is -0.799. The van der Waals surface area contributed by atoms with Gasteiger partial charge in [-0.15, -0.1) is 0 Å². The molecule has 0 saturated carbocycles. The minimum absolute atomic E-state index is 0.147. The maximum atomic E-state index is 10.4. The number of benzene rings is 1. The summed E-state index contributed by atoms with van der Waals surface area (Å²) in [5.74, 6) is 0.125. The van der Waals surface area contributed by atoms with Crippen LogP contribution in [0.3, 0.4) is 0 Å². The van der Waals surface area contributed by atoms with Gasteiger partial charge >= 0.3 is 5.97 Å². The molecule has 1 N–H and O–H groups in total. The highest BCUT2D eigenvalue weighted by Crippen LogP contribution is 2.27. The molecule has 0 aliphatic rings. The molecule has 0 saturated heterocycles. The highest BCUT2D eigenvalue weighted by atomic mass is 35.5. The third kappa shape index (κ3) is 3.95. The average Bonchev–Trinajstić information content (AvgIpc) is 2.86. The maximum Gasteiger partial charge on any atom is 0.303 e. The number of hydrogen-bond donors (Lipinski definition) is 1. The minimum Gasteiger partial charge on any atom is -0.481 e. The Morgan fingerprint density at radius 3 is 2.75 bits per heavy atom. The Bertz CT molecular complexity index is 613. The van der Waals surface area contributed by atoms with Crippen LogP contribution in [0.5, 0.6) is 0 Å². The van der Waals surface area contributed by atoms with Crippen LogP contribution < -0.4 is 0 Å². The van der Waals surface area contributed by atoms with Gasteiger partial charge in [0.05, 0.1) is 10.0 Å². The normalized spacial score (nSPS) is 10.7. The van der Waals surface area contributed by atoms with Crippen LogP contribution >= 0.6 is 23.2 Å². The number of nitrogens with zero attached hydrogens (tertiary/aromatic N) is 2. The van der Waals surface area contributed by atoms with Gasteiger partial charge in [-0.1, -0.05) is 28.4 Å². The number of aryl methyl sites for hydroxylation is 1. The van der Waals surface area contributed by atoms with Crippen LogP contribution in [0.1, 0.15) is 25.2 Å². The fourth-order valence-electron chi connectivity index (χ4n) is 1.66. The number of aliphatic carboxylic acids is 1. The number of rotatable bonds is 6. The number of aromatic nitrogens is 2. The van der Waals surface area contributed by atoms with E-state index in [1.54, 1.807) is 18.2 Å². The van der Waals surface area contributed by atoms with Gasteiger partial charge in [-0.05, 0) is 31.0 Å². The van der Waals surface area contributed by atoms with Gasteiger partial charge in [0.2, 0.25) is 11.7 Å². The molecule has 0 amide bonds. The molecule has 1 heterocycles. The zero-order valence-electron chi connectivity index (χ0n) is 10.5. The predicted octanol–water partition coefficient (Wildman–Crippen LogP) is 3.84. The number of carboxylic acids is 1. The molecule has 0 unspecified atom stereocenters. The van der Waals surface area contributed by atoms with Gasteiger partial charge in [0, 0.05) is 18.4 Å². The summed E-state index contributed by atoms with van der Waals surface area (Å²) < 4.78 is 5.11. The zero-order chi connectivity index (χ0) is 14.5. The summed E-state index contributed by atoms with van der Waals surface area (Å²) in [6.07, 6.45) is 1.98. The Morgan fingerprint density at radius 1 is 1.25 bits per heavy atom. The molecule has 20 heavy (non-hydrogen) atoms. The van der Waals surface area contributed by atoms with Crippen LogP contribution in [-0.4, -0.2) is 21.2 Å². The van der Waals surface area contributed by atoms with Crippen molar-refractivity contribution in [3.63, 3.8) is 0 Å². The molecule has 1 aromatic heterocycles. The quantitative estimate of drug-likeness (QED) is 0.820. The summed E-state index contributed by atoms with van der Waals surface area (Å²) in [4.78, 5) is 14.6. The Labute approximate surface area is 125 Å². The second-order valence-electron chi connectivity index (χ2n) is 4.24. The van der Waals surface area contributed by atoms with Crippen molar-refractivity contribution < 1.29 is 14.4 Å². The summed E-state index contributed by atoms with van der Waals surface area (Å²) >= 11 is 11.8. The molecule has 7 heteroatoms. The third-order valence-corrected chi connectivity index (χ3v) is 3.42. The first-order valence-corrected chi connectivity index (χ1v) is 6.81. The molecule has 0 atom stereocenters. The third-order valence-electron chi connectivity index (χ3n) is 2.68. The topological polar surface area (TPSA) is 76.2 Å². The Morgan fingerprint density at radius 2 is 2.05 bits per heavy atom. The summed E-state index contributed by atoms with van der Waals surface area (Å²) in [6, 6.07) is 5.10. The van der Waals surface area contributed by atoms with Gasteiger partial charge in [0.1, 0.15) is 0 Å². The van der Waals surface area contributed by atoms with Crippen molar-refractivity contribution in [3.05, 3.63) is 34.1 Å². The molecule has 106 valence electrons. The van der Waals surface area contributed by atoms with Crippen LogP contribution in [0.4, 0.5) is 0 Å². The standard InChI is InChI=1S/C13H12Cl2N2O3/c14-9-6-5-8(7-10(9)15)13-16-11(20-17-13)3-1-2-4-12(18)19/h5-7H,1-4H2,(H,18,19). The lowest BCUT2D eigenvalue weighted by atomic mass is 10.2. The van der Waals surface area contributed by atoms with Gasteiger partial charge in [0.25, 0.3) is 0 Å². The lowest BCUT2D eigenvalue weighted by Crippen LogP contribution is -1.95. The zero-order valence-corrected chi connectivity index (χ0v) is 12.0. The lowest BCUT2D eigenvalue weighted by Gasteiger charge is -1.97. The maximum absolute atomic E-state index is 10.4. The fraction of sp³-hybridized carbons (Fsp3) is 0.308. The number of carbonyl (C=O) groups is 1. The van der Waals surface area contributed by atoms with Crippen LogP contribution in [0.2, 0.25) is 10.0 Å². The Balaban J connectivity index is 1.97. The molecular weight excluding hydrogens is 303 g/mol. The monoisotopic (exact) mass is 314 g/mol. The molecule has 0 aliphatic heterocycles. The van der Waals surface area contributed by atoms with E-state index in [0.717, 1.165) is 5.56 Å². The molecule has 0 spiro atoms. The molecule has 0 aliphatic carbocycles. The first kappa shape index (κ1) is 14.8. The van der Waals surface area contributed by atoms with Crippen molar-refractivity contribution in [3.8, 4) is 11.4 Å².